The van der Waals surface area contributed by atoms with Crippen molar-refractivity contribution in [1.29, 1.82) is 0 Å². The molecule has 0 bridgehead atoms. The highest BCUT2D eigenvalue weighted by Gasteiger charge is 2.17. The largest absolute Gasteiger partial charge is 0.346 e. The molecule has 0 aromatic carbocycles. The average molecular weight is 286 g/mol. The molecule has 8 heteroatoms. The lowest BCUT2D eigenvalue weighted by atomic mass is 10.1. The third-order valence-electron chi connectivity index (χ3n) is 2.89. The monoisotopic (exact) mass is 286 g/mol. The number of aliphatic hydroxyl groups is 1. The molecule has 1 unspecified atom stereocenters. The van der Waals surface area contributed by atoms with E-state index in [0.717, 1.165) is 6.42 Å². The number of aromatic nitrogens is 3. The average Bonchev–Trinajstić information content (AvgIpc) is 2.90. The van der Waals surface area contributed by atoms with Gasteiger partial charge in [0.25, 0.3) is 6.48 Å². The number of nitrogens with two attached hydrogens (primary N) is 1. The highest BCUT2D eigenvalue weighted by molar-refractivity contribution is 5.79. The fraction of sp³-hybridized carbons (Fsp3) is 0.750. The van der Waals surface area contributed by atoms with Gasteiger partial charge in [-0.1, -0.05) is 5.21 Å². The van der Waals surface area contributed by atoms with E-state index in [1.165, 1.54) is 14.0 Å². The van der Waals surface area contributed by atoms with Crippen molar-refractivity contribution in [3.8, 4) is 0 Å². The van der Waals surface area contributed by atoms with Crippen LogP contribution in [-0.4, -0.2) is 46.1 Å². The van der Waals surface area contributed by atoms with E-state index in [-0.39, 0.29) is 11.8 Å². The van der Waals surface area contributed by atoms with Gasteiger partial charge in [0.15, 0.2) is 5.78 Å². The molecule has 0 aliphatic carbocycles. The molecule has 0 fully saturated rings. The first-order valence-electron chi connectivity index (χ1n) is 6.52. The molecule has 1 rings (SSSR count). The van der Waals surface area contributed by atoms with Gasteiger partial charge in [-0.3, -0.25) is 4.79 Å². The first kappa shape index (κ1) is 16.7. The lowest BCUT2D eigenvalue weighted by Crippen LogP contribution is -2.18. The van der Waals surface area contributed by atoms with Crippen molar-refractivity contribution >= 4 is 5.78 Å². The maximum absolute atomic E-state index is 11.6. The Bertz CT molecular complexity index is 410. The van der Waals surface area contributed by atoms with Gasteiger partial charge in [-0.05, 0) is 26.2 Å². The van der Waals surface area contributed by atoms with Crippen LogP contribution in [0.5, 0.6) is 0 Å². The molecule has 2 atom stereocenters. The molecule has 0 aliphatic heterocycles. The SMILES string of the molecule is COC(O)OCCCC[C@H](C(C)=O)n1cc(CN)nn1. The fourth-order valence-corrected chi connectivity index (χ4v) is 1.77. The van der Waals surface area contributed by atoms with Crippen molar-refractivity contribution in [2.45, 2.75) is 45.2 Å². The molecule has 0 radical (unpaired) electrons. The topological polar surface area (TPSA) is 112 Å². The first-order chi connectivity index (χ1) is 9.58. The molecular weight excluding hydrogens is 264 g/mol. The van der Waals surface area contributed by atoms with Gasteiger partial charge in [0.05, 0.1) is 18.5 Å². The van der Waals surface area contributed by atoms with E-state index in [9.17, 15) is 4.79 Å². The quantitative estimate of drug-likeness (QED) is 0.459. The number of carbonyl (C=O) groups is 1. The molecule has 0 amide bonds. The van der Waals surface area contributed by atoms with Crippen molar-refractivity contribution in [3.63, 3.8) is 0 Å². The second-order valence-electron chi connectivity index (χ2n) is 4.43. The van der Waals surface area contributed by atoms with Crippen molar-refractivity contribution in [1.82, 2.24) is 15.0 Å². The lowest BCUT2D eigenvalue weighted by Gasteiger charge is -2.14. The van der Waals surface area contributed by atoms with Crippen LogP contribution in [0.25, 0.3) is 0 Å². The number of nitrogens with zero attached hydrogens (tertiary/aromatic N) is 3. The molecule has 1 heterocycles. The van der Waals surface area contributed by atoms with Gasteiger partial charge < -0.3 is 20.3 Å². The third kappa shape index (κ3) is 5.33. The predicted molar refractivity (Wildman–Crippen MR) is 70.5 cm³/mol. The zero-order chi connectivity index (χ0) is 15.0. The van der Waals surface area contributed by atoms with E-state index >= 15 is 0 Å². The maximum atomic E-state index is 11.6. The van der Waals surface area contributed by atoms with E-state index < -0.39 is 6.48 Å². The molecule has 20 heavy (non-hydrogen) atoms. The van der Waals surface area contributed by atoms with Crippen LogP contribution in [-0.2, 0) is 20.8 Å². The molecule has 1 aromatic heterocycles. The Labute approximate surface area is 117 Å². The van der Waals surface area contributed by atoms with E-state index in [1.54, 1.807) is 10.9 Å². The summed E-state index contributed by atoms with van der Waals surface area (Å²) in [5, 5.41) is 16.8. The van der Waals surface area contributed by atoms with Crippen LogP contribution in [0, 0.1) is 0 Å². The van der Waals surface area contributed by atoms with E-state index in [4.69, 9.17) is 15.6 Å². The summed E-state index contributed by atoms with van der Waals surface area (Å²) in [7, 11) is 1.36. The minimum Gasteiger partial charge on any atom is -0.346 e. The van der Waals surface area contributed by atoms with Gasteiger partial charge in [0, 0.05) is 13.7 Å². The summed E-state index contributed by atoms with van der Waals surface area (Å²) in [6.45, 7) is 0.999. The van der Waals surface area contributed by atoms with E-state index in [0.29, 0.717) is 31.7 Å². The highest BCUT2D eigenvalue weighted by atomic mass is 16.8. The minimum absolute atomic E-state index is 0.0244. The molecule has 114 valence electrons. The van der Waals surface area contributed by atoms with Crippen LogP contribution >= 0.6 is 0 Å². The molecule has 0 spiro atoms. The highest BCUT2D eigenvalue weighted by Crippen LogP contribution is 2.15. The molecule has 0 saturated carbocycles. The summed E-state index contributed by atoms with van der Waals surface area (Å²) < 4.78 is 11.1. The fourth-order valence-electron chi connectivity index (χ4n) is 1.77. The van der Waals surface area contributed by atoms with E-state index in [2.05, 4.69) is 15.0 Å². The Balaban J connectivity index is 2.38. The summed E-state index contributed by atoms with van der Waals surface area (Å²) in [6, 6.07) is -0.338. The smallest absolute Gasteiger partial charge is 0.268 e. The summed E-state index contributed by atoms with van der Waals surface area (Å²) >= 11 is 0. The summed E-state index contributed by atoms with van der Waals surface area (Å²) in [6.07, 6.45) is 3.80. The van der Waals surface area contributed by atoms with Gasteiger partial charge in [-0.2, -0.15) is 0 Å². The summed E-state index contributed by atoms with van der Waals surface area (Å²) in [5.74, 6) is 0.0244. The second-order valence-corrected chi connectivity index (χ2v) is 4.43. The Morgan fingerprint density at radius 1 is 1.55 bits per heavy atom. The van der Waals surface area contributed by atoms with Crippen molar-refractivity contribution in [2.24, 2.45) is 5.73 Å². The number of hydrogen-bond donors (Lipinski definition) is 2. The Morgan fingerprint density at radius 2 is 2.30 bits per heavy atom. The number of methoxy groups -OCH3 is 1. The minimum atomic E-state index is -1.19. The number of ketones is 1. The van der Waals surface area contributed by atoms with E-state index in [1.807, 2.05) is 0 Å². The van der Waals surface area contributed by atoms with Gasteiger partial charge in [-0.15, -0.1) is 5.10 Å². The van der Waals surface area contributed by atoms with Gasteiger partial charge in [-0.25, -0.2) is 4.68 Å². The van der Waals surface area contributed by atoms with Gasteiger partial charge in [0.1, 0.15) is 6.04 Å². The predicted octanol–water partition coefficient (Wildman–Crippen LogP) is -0.0239. The van der Waals surface area contributed by atoms with Crippen LogP contribution in [0.4, 0.5) is 0 Å². The number of rotatable bonds is 10. The molecule has 3 N–H and O–H groups in total. The number of aliphatic hydroxyl groups excluding tert-OH is 1. The first-order valence-corrected chi connectivity index (χ1v) is 6.52. The Morgan fingerprint density at radius 3 is 2.85 bits per heavy atom. The van der Waals surface area contributed by atoms with Gasteiger partial charge >= 0.3 is 0 Å². The van der Waals surface area contributed by atoms with Crippen LogP contribution in [0.15, 0.2) is 6.20 Å². The summed E-state index contributed by atoms with van der Waals surface area (Å²) in [5.41, 5.74) is 6.12. The molecule has 0 aliphatic rings. The normalized spacial score (nSPS) is 14.2. The number of carbonyl (C=O) groups excluding carboxylic acids is 1. The molecule has 0 saturated heterocycles. The van der Waals surface area contributed by atoms with Gasteiger partial charge in [0.2, 0.25) is 0 Å². The standard InChI is InChI=1S/C12H22N4O4/c1-9(17)11(16-8-10(7-13)14-15-16)5-3-4-6-20-12(18)19-2/h8,11-12,18H,3-7,13H2,1-2H3/t11-,12?/m1/s1. The van der Waals surface area contributed by atoms with Crippen molar-refractivity contribution < 1.29 is 19.4 Å². The number of Topliss-reactive ketones (excluding diaryl/α,β-unsaturated/α-hetero) is 1. The Kier molecular flexibility index (Phi) is 7.31. The zero-order valence-corrected chi connectivity index (χ0v) is 11.9. The molecular formula is C12H22N4O4. The number of ether oxygens (including phenoxy) is 2. The number of hydrogen-bond acceptors (Lipinski definition) is 7. The van der Waals surface area contributed by atoms with Crippen LogP contribution in [0.1, 0.15) is 37.9 Å². The van der Waals surface area contributed by atoms with Crippen molar-refractivity contribution in [2.75, 3.05) is 13.7 Å². The summed E-state index contributed by atoms with van der Waals surface area (Å²) in [4.78, 5) is 11.6. The lowest BCUT2D eigenvalue weighted by molar-refractivity contribution is -0.250. The molecule has 1 aromatic rings. The molecule has 8 nitrogen and oxygen atoms in total. The van der Waals surface area contributed by atoms with Crippen molar-refractivity contribution in [3.05, 3.63) is 11.9 Å². The maximum Gasteiger partial charge on any atom is 0.268 e. The second kappa shape index (κ2) is 8.75. The Hall–Kier alpha value is -1.35. The van der Waals surface area contributed by atoms with Crippen LogP contribution in [0.3, 0.4) is 0 Å². The third-order valence-corrected chi connectivity index (χ3v) is 2.89. The number of unbranched alkanes of at least 4 members (excludes halogenated alkanes) is 1. The van der Waals surface area contributed by atoms with Crippen LogP contribution < -0.4 is 5.73 Å². The zero-order valence-electron chi connectivity index (χ0n) is 11.9. The van der Waals surface area contributed by atoms with Crippen LogP contribution in [0.2, 0.25) is 0 Å².